The van der Waals surface area contributed by atoms with Gasteiger partial charge in [0.15, 0.2) is 0 Å². The van der Waals surface area contributed by atoms with E-state index in [1.807, 2.05) is 19.1 Å². The molecule has 3 heteroatoms. The van der Waals surface area contributed by atoms with Crippen LogP contribution in [-0.4, -0.2) is 12.5 Å². The number of carbonyl (C=O) groups is 1. The molecule has 106 valence electrons. The molecule has 19 heavy (non-hydrogen) atoms. The average molecular weight is 263 g/mol. The molecule has 1 heterocycles. The topological polar surface area (TPSA) is 42.2 Å². The number of amides is 1. The summed E-state index contributed by atoms with van der Waals surface area (Å²) in [6, 6.07) is 3.73. The lowest BCUT2D eigenvalue weighted by molar-refractivity contribution is -0.116. The van der Waals surface area contributed by atoms with E-state index in [9.17, 15) is 4.79 Å². The van der Waals surface area contributed by atoms with E-state index < -0.39 is 0 Å². The number of rotatable bonds is 6. The van der Waals surface area contributed by atoms with Gasteiger partial charge >= 0.3 is 0 Å². The van der Waals surface area contributed by atoms with Gasteiger partial charge in [0, 0.05) is 12.6 Å². The molecule has 0 aromatic carbocycles. The highest BCUT2D eigenvalue weighted by Crippen LogP contribution is 2.19. The smallest absolute Gasteiger partial charge is 0.244 e. The Bertz CT molecular complexity index is 422. The lowest BCUT2D eigenvalue weighted by Crippen LogP contribution is -2.32. The molecular weight excluding hydrogens is 238 g/mol. The fraction of sp³-hybridized carbons (Fsp3) is 0.562. The molecule has 0 aliphatic heterocycles. The Morgan fingerprint density at radius 2 is 1.89 bits per heavy atom. The lowest BCUT2D eigenvalue weighted by Gasteiger charge is -2.24. The number of carbonyl (C=O) groups excluding carboxylic acids is 1. The van der Waals surface area contributed by atoms with E-state index in [1.165, 1.54) is 6.08 Å². The van der Waals surface area contributed by atoms with Gasteiger partial charge in [0.05, 0.1) is 0 Å². The molecule has 0 aliphatic rings. The van der Waals surface area contributed by atoms with Crippen LogP contribution in [0.5, 0.6) is 0 Å². The van der Waals surface area contributed by atoms with Crippen molar-refractivity contribution >= 4 is 12.0 Å². The minimum Gasteiger partial charge on any atom is -0.462 e. The van der Waals surface area contributed by atoms with Crippen molar-refractivity contribution in [2.75, 3.05) is 6.54 Å². The summed E-state index contributed by atoms with van der Waals surface area (Å²) < 4.78 is 5.37. The largest absolute Gasteiger partial charge is 0.462 e. The first-order valence-electron chi connectivity index (χ1n) is 6.92. The second-order valence-corrected chi connectivity index (χ2v) is 5.68. The first-order valence-corrected chi connectivity index (χ1v) is 6.92. The van der Waals surface area contributed by atoms with Gasteiger partial charge < -0.3 is 9.73 Å². The first-order chi connectivity index (χ1) is 8.90. The van der Waals surface area contributed by atoms with Crippen LogP contribution in [0.25, 0.3) is 6.08 Å². The maximum Gasteiger partial charge on any atom is 0.244 e. The van der Waals surface area contributed by atoms with Crippen molar-refractivity contribution < 1.29 is 9.21 Å². The molecule has 3 nitrogen and oxygen atoms in total. The Balaban J connectivity index is 2.45. The summed E-state index contributed by atoms with van der Waals surface area (Å²) >= 11 is 0. The molecule has 1 amide bonds. The maximum atomic E-state index is 11.7. The Hall–Kier alpha value is -1.51. The van der Waals surface area contributed by atoms with Crippen LogP contribution in [0.4, 0.5) is 0 Å². The predicted octanol–water partition coefficient (Wildman–Crippen LogP) is 3.65. The zero-order valence-corrected chi connectivity index (χ0v) is 12.6. The molecule has 0 saturated heterocycles. The Morgan fingerprint density at radius 3 is 2.37 bits per heavy atom. The normalized spacial score (nSPS) is 12.0. The number of furan rings is 1. The van der Waals surface area contributed by atoms with Crippen LogP contribution in [-0.2, 0) is 4.79 Å². The SMILES string of the molecule is Cc1ccc(/C=C/C(=O)NCC(C(C)C)C(C)C)o1. The van der Waals surface area contributed by atoms with Crippen LogP contribution in [0, 0.1) is 24.7 Å². The molecule has 1 rings (SSSR count). The maximum absolute atomic E-state index is 11.7. The summed E-state index contributed by atoms with van der Waals surface area (Å²) in [7, 11) is 0. The van der Waals surface area contributed by atoms with E-state index in [0.29, 0.717) is 23.5 Å². The van der Waals surface area contributed by atoms with Crippen molar-refractivity contribution in [2.45, 2.75) is 34.6 Å². The van der Waals surface area contributed by atoms with Crippen LogP contribution < -0.4 is 5.32 Å². The minimum absolute atomic E-state index is 0.0691. The number of aryl methyl sites for hydroxylation is 1. The Kier molecular flexibility index (Phi) is 5.87. The van der Waals surface area contributed by atoms with Crippen LogP contribution in [0.1, 0.15) is 39.2 Å². The van der Waals surface area contributed by atoms with Crippen molar-refractivity contribution in [1.82, 2.24) is 5.32 Å². The van der Waals surface area contributed by atoms with Gasteiger partial charge in [0.25, 0.3) is 0 Å². The van der Waals surface area contributed by atoms with Crippen molar-refractivity contribution in [3.8, 4) is 0 Å². The number of nitrogens with one attached hydrogen (secondary N) is 1. The predicted molar refractivity (Wildman–Crippen MR) is 78.7 cm³/mol. The zero-order valence-electron chi connectivity index (χ0n) is 12.6. The minimum atomic E-state index is -0.0691. The molecule has 0 radical (unpaired) electrons. The Morgan fingerprint density at radius 1 is 1.26 bits per heavy atom. The summed E-state index contributed by atoms with van der Waals surface area (Å²) in [5, 5.41) is 2.96. The van der Waals surface area contributed by atoms with Gasteiger partial charge in [-0.2, -0.15) is 0 Å². The van der Waals surface area contributed by atoms with Gasteiger partial charge in [0.1, 0.15) is 11.5 Å². The lowest BCUT2D eigenvalue weighted by atomic mass is 9.85. The summed E-state index contributed by atoms with van der Waals surface area (Å²) in [6.07, 6.45) is 3.22. The van der Waals surface area contributed by atoms with Crippen LogP contribution in [0.2, 0.25) is 0 Å². The third-order valence-corrected chi connectivity index (χ3v) is 3.38. The van der Waals surface area contributed by atoms with E-state index in [1.54, 1.807) is 6.08 Å². The van der Waals surface area contributed by atoms with Crippen molar-refractivity contribution in [3.05, 3.63) is 29.7 Å². The molecule has 0 unspecified atom stereocenters. The highest BCUT2D eigenvalue weighted by Gasteiger charge is 2.17. The monoisotopic (exact) mass is 263 g/mol. The van der Waals surface area contributed by atoms with Crippen LogP contribution in [0.15, 0.2) is 22.6 Å². The fourth-order valence-electron chi connectivity index (χ4n) is 2.22. The zero-order chi connectivity index (χ0) is 14.4. The average Bonchev–Trinajstić information content (AvgIpc) is 2.71. The number of hydrogen-bond donors (Lipinski definition) is 1. The molecule has 0 aliphatic carbocycles. The summed E-state index contributed by atoms with van der Waals surface area (Å²) in [5.74, 6) is 3.12. The van der Waals surface area contributed by atoms with Gasteiger partial charge in [-0.05, 0) is 42.9 Å². The van der Waals surface area contributed by atoms with Gasteiger partial charge in [-0.15, -0.1) is 0 Å². The molecule has 0 spiro atoms. The second-order valence-electron chi connectivity index (χ2n) is 5.68. The molecule has 0 bridgehead atoms. The highest BCUT2D eigenvalue weighted by atomic mass is 16.3. The van der Waals surface area contributed by atoms with E-state index in [2.05, 4.69) is 33.0 Å². The molecule has 1 N–H and O–H groups in total. The molecule has 1 aromatic rings. The quantitative estimate of drug-likeness (QED) is 0.796. The Labute approximate surface area is 116 Å². The van der Waals surface area contributed by atoms with Crippen molar-refractivity contribution in [3.63, 3.8) is 0 Å². The number of hydrogen-bond acceptors (Lipinski definition) is 2. The fourth-order valence-corrected chi connectivity index (χ4v) is 2.22. The van der Waals surface area contributed by atoms with Gasteiger partial charge in [-0.1, -0.05) is 27.7 Å². The third kappa shape index (κ3) is 5.33. The molecule has 0 atom stereocenters. The van der Waals surface area contributed by atoms with Crippen LogP contribution >= 0.6 is 0 Å². The van der Waals surface area contributed by atoms with Gasteiger partial charge in [0.2, 0.25) is 5.91 Å². The van der Waals surface area contributed by atoms with Crippen molar-refractivity contribution in [2.24, 2.45) is 17.8 Å². The van der Waals surface area contributed by atoms with Gasteiger partial charge in [-0.25, -0.2) is 0 Å². The highest BCUT2D eigenvalue weighted by molar-refractivity contribution is 5.91. The third-order valence-electron chi connectivity index (χ3n) is 3.38. The molecule has 1 aromatic heterocycles. The first kappa shape index (κ1) is 15.5. The standard InChI is InChI=1S/C16H25NO2/c1-11(2)15(12(3)4)10-17-16(18)9-8-14-7-6-13(5)19-14/h6-9,11-12,15H,10H2,1-5H3,(H,17,18)/b9-8+. The summed E-state index contributed by atoms with van der Waals surface area (Å²) in [5.41, 5.74) is 0. The van der Waals surface area contributed by atoms with E-state index in [0.717, 1.165) is 12.3 Å². The van der Waals surface area contributed by atoms with Crippen molar-refractivity contribution in [1.29, 1.82) is 0 Å². The molecule has 0 fully saturated rings. The molecular formula is C16H25NO2. The summed E-state index contributed by atoms with van der Waals surface area (Å²) in [4.78, 5) is 11.7. The van der Waals surface area contributed by atoms with E-state index in [4.69, 9.17) is 4.42 Å². The summed E-state index contributed by atoms with van der Waals surface area (Å²) in [6.45, 7) is 11.4. The second kappa shape index (κ2) is 7.17. The van der Waals surface area contributed by atoms with E-state index >= 15 is 0 Å². The van der Waals surface area contributed by atoms with E-state index in [-0.39, 0.29) is 5.91 Å². The molecule has 0 saturated carbocycles. The van der Waals surface area contributed by atoms with Gasteiger partial charge in [-0.3, -0.25) is 4.79 Å². The van der Waals surface area contributed by atoms with Crippen LogP contribution in [0.3, 0.4) is 0 Å².